The van der Waals surface area contributed by atoms with Crippen molar-refractivity contribution < 1.29 is 0 Å². The second kappa shape index (κ2) is 148. The van der Waals surface area contributed by atoms with E-state index in [1.165, 1.54) is 25.7 Å². The van der Waals surface area contributed by atoms with Crippen LogP contribution in [0, 0.1) is 0 Å². The molecule has 0 bridgehead atoms. The first-order valence-electron chi connectivity index (χ1n) is 3.83. The molecule has 0 aromatic heterocycles. The van der Waals surface area contributed by atoms with Gasteiger partial charge in [-0.25, -0.2) is 0 Å². The molecule has 0 aromatic rings. The second-order valence-electron chi connectivity index (χ2n) is 2.00. The summed E-state index contributed by atoms with van der Waals surface area (Å²) in [4.78, 5) is 0. The van der Waals surface area contributed by atoms with Gasteiger partial charge in [-0.05, 0) is 0 Å². The van der Waals surface area contributed by atoms with Gasteiger partial charge in [-0.3, -0.25) is 0 Å². The molecule has 0 heteroatoms. The Labute approximate surface area is 106 Å². The minimum absolute atomic E-state index is 0. The Hall–Kier alpha value is 0. The Kier molecular flexibility index (Phi) is 805. The molecule has 0 saturated carbocycles. The Morgan fingerprint density at radius 2 is 0.400 bits per heavy atom. The summed E-state index contributed by atoms with van der Waals surface area (Å²) < 4.78 is 0. The van der Waals surface area contributed by atoms with Gasteiger partial charge in [0.15, 0.2) is 0 Å². The molecule has 0 saturated heterocycles. The molecule has 0 rings (SSSR count). The van der Waals surface area contributed by atoms with E-state index in [4.69, 9.17) is 0 Å². The molecule has 0 amide bonds. The summed E-state index contributed by atoms with van der Waals surface area (Å²) in [5, 5.41) is 0. The summed E-state index contributed by atoms with van der Waals surface area (Å²) in [6.07, 6.45) is 5.28. The minimum atomic E-state index is 0. The van der Waals surface area contributed by atoms with Crippen molar-refractivity contribution in [2.45, 2.75) is 105 Å². The van der Waals surface area contributed by atoms with Gasteiger partial charge >= 0.3 is 0 Å². The van der Waals surface area contributed by atoms with E-state index < -0.39 is 0 Å². The number of hydrogen-bond donors (Lipinski definition) is 0. The van der Waals surface area contributed by atoms with E-state index in [1.54, 1.807) is 0 Å². The van der Waals surface area contributed by atoms with Crippen LogP contribution in [0.2, 0.25) is 0 Å². The Balaban J connectivity index is -0.00000000468. The van der Waals surface area contributed by atoms with Gasteiger partial charge < -0.3 is 0 Å². The van der Waals surface area contributed by atoms with Crippen LogP contribution in [0.25, 0.3) is 0 Å². The van der Waals surface area contributed by atoms with Gasteiger partial charge in [0.1, 0.15) is 0 Å². The van der Waals surface area contributed by atoms with Gasteiger partial charge in [-0.1, -0.05) is 105 Å². The molecule has 0 fully saturated rings. The zero-order valence-electron chi connectivity index (χ0n) is 6.83. The van der Waals surface area contributed by atoms with E-state index in [0.29, 0.717) is 0 Å². The average molecular weight is 229 g/mol. The van der Waals surface area contributed by atoms with Crippen LogP contribution in [0.5, 0.6) is 0 Å². The zero-order chi connectivity index (χ0) is 6.83. The van der Waals surface area contributed by atoms with Gasteiger partial charge in [-0.15, -0.1) is 0 Å². The topological polar surface area (TPSA) is 0 Å². The van der Waals surface area contributed by atoms with Crippen LogP contribution in [0.4, 0.5) is 0 Å². The van der Waals surface area contributed by atoms with Gasteiger partial charge in [0.05, 0.1) is 0 Å². The highest BCUT2D eigenvalue weighted by Gasteiger charge is 1.56. The molecule has 0 heterocycles. The second-order valence-corrected chi connectivity index (χ2v) is 2.00. The summed E-state index contributed by atoms with van der Waals surface area (Å²) in [7, 11) is 0. The van der Waals surface area contributed by atoms with Crippen molar-refractivity contribution in [3.8, 4) is 0 Å². The minimum Gasteiger partial charge on any atom is -0.0776 e. The summed E-state index contributed by atoms with van der Waals surface area (Å²) >= 11 is 0. The van der Waals surface area contributed by atoms with E-state index in [9.17, 15) is 0 Å². The Morgan fingerprint density at radius 3 is 0.400 bits per heavy atom. The van der Waals surface area contributed by atoms with E-state index in [1.807, 2.05) is 0 Å². The number of unbranched alkanes of at least 4 members (excludes halogenated alkanes) is 2. The first kappa shape index (κ1) is 81.7. The normalized spacial score (nSPS) is 4.00. The molecule has 15 heavy (non-hydrogen) atoms. The van der Waals surface area contributed by atoms with Crippen LogP contribution in [0.1, 0.15) is 105 Å². The smallest absolute Gasteiger partial charge is 0.0564 e. The average Bonchev–Trinajstić information content (AvgIpc) is 1.88. The SMILES string of the molecule is C.C.C.C.C.C.C.CCCC.CCCC. The van der Waals surface area contributed by atoms with Gasteiger partial charge in [-0.2, -0.15) is 0 Å². The first-order chi connectivity index (χ1) is 3.83. The lowest BCUT2D eigenvalue weighted by molar-refractivity contribution is 0.886. The fraction of sp³-hybridized carbons (Fsp3) is 1.00. The highest BCUT2D eigenvalue weighted by molar-refractivity contribution is 4.13. The maximum Gasteiger partial charge on any atom is -0.0564 e. The first-order valence-corrected chi connectivity index (χ1v) is 3.83. The molecule has 0 nitrogen and oxygen atoms in total. The molecule has 0 radical (unpaired) electrons. The predicted octanol–water partition coefficient (Wildman–Crippen LogP) is 8.07. The van der Waals surface area contributed by atoms with Crippen LogP contribution < -0.4 is 0 Å². The molecular formula is C15H48. The monoisotopic (exact) mass is 228 g/mol. The van der Waals surface area contributed by atoms with E-state index in [-0.39, 0.29) is 52.0 Å². The van der Waals surface area contributed by atoms with E-state index in [2.05, 4.69) is 27.7 Å². The zero-order valence-corrected chi connectivity index (χ0v) is 6.83. The summed E-state index contributed by atoms with van der Waals surface area (Å²) in [5.74, 6) is 0. The van der Waals surface area contributed by atoms with Crippen molar-refractivity contribution in [3.63, 3.8) is 0 Å². The molecule has 0 aromatic carbocycles. The van der Waals surface area contributed by atoms with Crippen LogP contribution in [-0.4, -0.2) is 0 Å². The predicted molar refractivity (Wildman–Crippen MR) is 88.3 cm³/mol. The van der Waals surface area contributed by atoms with Crippen molar-refractivity contribution in [2.75, 3.05) is 0 Å². The summed E-state index contributed by atoms with van der Waals surface area (Å²) in [5.41, 5.74) is 0. The quantitative estimate of drug-likeness (QED) is 0.448. The molecular weight excluding hydrogens is 180 g/mol. The van der Waals surface area contributed by atoms with Crippen LogP contribution >= 0.6 is 0 Å². The number of rotatable bonds is 2. The van der Waals surface area contributed by atoms with Crippen molar-refractivity contribution in [2.24, 2.45) is 0 Å². The molecule has 0 N–H and O–H groups in total. The molecule has 0 aliphatic rings. The fourth-order valence-corrected chi connectivity index (χ4v) is 0. The largest absolute Gasteiger partial charge is 0.0776 e. The third-order valence-electron chi connectivity index (χ3n) is 1.000. The molecule has 0 aliphatic carbocycles. The van der Waals surface area contributed by atoms with Gasteiger partial charge in [0, 0.05) is 0 Å². The molecule has 0 atom stereocenters. The lowest BCUT2D eigenvalue weighted by Crippen LogP contribution is -1.47. The van der Waals surface area contributed by atoms with Crippen LogP contribution in [0.3, 0.4) is 0 Å². The fourth-order valence-electron chi connectivity index (χ4n) is 0. The third-order valence-corrected chi connectivity index (χ3v) is 1.000. The Morgan fingerprint density at radius 1 is 0.333 bits per heavy atom. The summed E-state index contributed by atoms with van der Waals surface area (Å²) in [6, 6.07) is 0. The molecule has 0 unspecified atom stereocenters. The lowest BCUT2D eigenvalue weighted by Gasteiger charge is -1.68. The van der Waals surface area contributed by atoms with Crippen molar-refractivity contribution in [1.82, 2.24) is 0 Å². The van der Waals surface area contributed by atoms with Crippen molar-refractivity contribution in [1.29, 1.82) is 0 Å². The van der Waals surface area contributed by atoms with E-state index >= 15 is 0 Å². The molecule has 0 spiro atoms. The highest BCUT2D eigenvalue weighted by Crippen LogP contribution is 1.77. The lowest BCUT2D eigenvalue weighted by atomic mass is 10.4. The standard InChI is InChI=1S/2C4H10.7CH4/c2*1-3-4-2;;;;;;;/h2*3-4H2,1-2H3;7*1H4. The van der Waals surface area contributed by atoms with Crippen molar-refractivity contribution >= 4 is 0 Å². The summed E-state index contributed by atoms with van der Waals surface area (Å²) in [6.45, 7) is 8.72. The highest BCUT2D eigenvalue weighted by atomic mass is 13.6. The molecule has 108 valence electrons. The third kappa shape index (κ3) is 504. The van der Waals surface area contributed by atoms with Gasteiger partial charge in [0.2, 0.25) is 0 Å². The van der Waals surface area contributed by atoms with E-state index in [0.717, 1.165) is 0 Å². The maximum absolute atomic E-state index is 2.18. The number of hydrogen-bond acceptors (Lipinski definition) is 0. The van der Waals surface area contributed by atoms with Crippen LogP contribution in [-0.2, 0) is 0 Å². The molecule has 0 aliphatic heterocycles. The van der Waals surface area contributed by atoms with Crippen molar-refractivity contribution in [3.05, 3.63) is 0 Å². The van der Waals surface area contributed by atoms with Crippen LogP contribution in [0.15, 0.2) is 0 Å². The maximum atomic E-state index is 2.18. The van der Waals surface area contributed by atoms with Gasteiger partial charge in [0.25, 0.3) is 0 Å². The Bertz CT molecular complexity index is 8.00.